The number of aryl methyl sites for hydroxylation is 1. The third-order valence-corrected chi connectivity index (χ3v) is 6.66. The number of nitrogens with one attached hydrogen (secondary N) is 1. The number of para-hydroxylation sites is 1. The second-order valence-electron chi connectivity index (χ2n) is 6.86. The zero-order chi connectivity index (χ0) is 19.8. The molecule has 1 atom stereocenters. The van der Waals surface area contributed by atoms with Crippen molar-refractivity contribution in [1.82, 2.24) is 10.3 Å². The summed E-state index contributed by atoms with van der Waals surface area (Å²) < 4.78 is 0. The van der Waals surface area contributed by atoms with Crippen molar-refractivity contribution in [3.63, 3.8) is 0 Å². The van der Waals surface area contributed by atoms with E-state index in [0.29, 0.717) is 10.9 Å². The van der Waals surface area contributed by atoms with E-state index >= 15 is 0 Å². The van der Waals surface area contributed by atoms with Crippen LogP contribution >= 0.6 is 23.1 Å². The van der Waals surface area contributed by atoms with Crippen LogP contribution in [0, 0.1) is 6.92 Å². The summed E-state index contributed by atoms with van der Waals surface area (Å²) in [5.41, 5.74) is 2.97. The Kier molecular flexibility index (Phi) is 4.69. The Labute approximate surface area is 176 Å². The predicted octanol–water partition coefficient (Wildman–Crippen LogP) is 3.13. The Bertz CT molecular complexity index is 1220. The normalized spacial score (nSPS) is 17.8. The minimum atomic E-state index is -0.332. The fourth-order valence-corrected chi connectivity index (χ4v) is 4.90. The summed E-state index contributed by atoms with van der Waals surface area (Å²) in [4.78, 5) is 19.0. The molecule has 29 heavy (non-hydrogen) atoms. The molecular weight excluding hydrogens is 400 g/mol. The maximum absolute atomic E-state index is 13.1. The number of hydrogen-bond donors (Lipinski definition) is 1. The van der Waals surface area contributed by atoms with Crippen molar-refractivity contribution in [2.24, 2.45) is 10.1 Å². The molecule has 0 radical (unpaired) electrons. The highest BCUT2D eigenvalue weighted by molar-refractivity contribution is 8.13. The van der Waals surface area contributed by atoms with Crippen LogP contribution in [0.4, 0.5) is 0 Å². The Hall–Kier alpha value is -2.90. The van der Waals surface area contributed by atoms with Crippen LogP contribution in [-0.2, 0) is 10.5 Å². The van der Waals surface area contributed by atoms with Crippen LogP contribution in [0.25, 0.3) is 5.70 Å². The van der Waals surface area contributed by atoms with Crippen LogP contribution in [-0.4, -0.2) is 16.1 Å². The Morgan fingerprint density at radius 2 is 1.93 bits per heavy atom. The monoisotopic (exact) mass is 418 g/mol. The van der Waals surface area contributed by atoms with Gasteiger partial charge in [0.1, 0.15) is 5.70 Å². The maximum atomic E-state index is 13.1. The van der Waals surface area contributed by atoms with Crippen molar-refractivity contribution in [2.45, 2.75) is 18.8 Å². The lowest BCUT2D eigenvalue weighted by Gasteiger charge is -2.33. The van der Waals surface area contributed by atoms with Crippen molar-refractivity contribution in [1.29, 1.82) is 0 Å². The molecule has 0 aliphatic carbocycles. The van der Waals surface area contributed by atoms with Crippen molar-refractivity contribution in [2.75, 3.05) is 0 Å². The molecule has 3 aromatic rings. The molecule has 2 aromatic carbocycles. The average Bonchev–Trinajstić information content (AvgIpc) is 3.27. The number of carbonyl (C=O) groups excluding carboxylic acids is 1. The Balaban J connectivity index is 1.53. The van der Waals surface area contributed by atoms with E-state index in [0.717, 1.165) is 21.2 Å². The number of hydrazone groups is 1. The van der Waals surface area contributed by atoms with E-state index < -0.39 is 0 Å². The minimum Gasteiger partial charge on any atom is -0.298 e. The van der Waals surface area contributed by atoms with Gasteiger partial charge in [-0.1, -0.05) is 65.9 Å². The highest BCUT2D eigenvalue weighted by atomic mass is 32.2. The summed E-state index contributed by atoms with van der Waals surface area (Å²) in [7, 11) is 0. The molecule has 1 N–H and O–H groups in total. The standard InChI is InChI=1S/C22H18N4OS2/c1-14-8-10-15(11-9-14)13-29-22-24-21(27)19-16-5-2-3-6-17(16)23-20(26(19)25-22)18-7-4-12-28-18/h2-12,20H,13H2,1H3,(H,24,25,27)/t20-/m1/s1. The fourth-order valence-electron chi connectivity index (χ4n) is 3.35. The van der Waals surface area contributed by atoms with Gasteiger partial charge in [0.2, 0.25) is 0 Å². The van der Waals surface area contributed by atoms with Crippen molar-refractivity contribution >= 4 is 39.9 Å². The quantitative estimate of drug-likeness (QED) is 0.711. The van der Waals surface area contributed by atoms with Gasteiger partial charge in [-0.2, -0.15) is 0 Å². The fraction of sp³-hybridized carbons (Fsp3) is 0.136. The number of amides is 1. The summed E-state index contributed by atoms with van der Waals surface area (Å²) >= 11 is 3.14. The second-order valence-corrected chi connectivity index (χ2v) is 8.81. The Morgan fingerprint density at radius 1 is 1.10 bits per heavy atom. The average molecular weight is 419 g/mol. The lowest BCUT2D eigenvalue weighted by molar-refractivity contribution is -0.116. The molecule has 0 saturated heterocycles. The summed E-state index contributed by atoms with van der Waals surface area (Å²) in [6.07, 6.45) is -0.332. The molecule has 1 aromatic heterocycles. The van der Waals surface area contributed by atoms with Gasteiger partial charge in [-0.3, -0.25) is 15.1 Å². The van der Waals surface area contributed by atoms with Crippen LogP contribution < -0.4 is 15.9 Å². The third-order valence-electron chi connectivity index (χ3n) is 4.81. The summed E-state index contributed by atoms with van der Waals surface area (Å²) in [5.74, 6) is 0.593. The molecule has 0 unspecified atom stereocenters. The van der Waals surface area contributed by atoms with E-state index in [-0.39, 0.29) is 12.1 Å². The minimum absolute atomic E-state index is 0.143. The van der Waals surface area contributed by atoms with Crippen LogP contribution in [0.5, 0.6) is 0 Å². The highest BCUT2D eigenvalue weighted by Crippen LogP contribution is 2.33. The van der Waals surface area contributed by atoms with E-state index in [1.54, 1.807) is 16.3 Å². The molecule has 144 valence electrons. The van der Waals surface area contributed by atoms with Gasteiger partial charge < -0.3 is 0 Å². The number of carbonyl (C=O) groups is 1. The first-order chi connectivity index (χ1) is 14.2. The number of thioether (sulfide) groups is 1. The van der Waals surface area contributed by atoms with E-state index in [4.69, 9.17) is 10.1 Å². The molecule has 5 rings (SSSR count). The van der Waals surface area contributed by atoms with Gasteiger partial charge in [-0.05, 0) is 30.0 Å². The van der Waals surface area contributed by atoms with Gasteiger partial charge >= 0.3 is 0 Å². The SMILES string of the molecule is Cc1ccc(CSC2=NN3C(=c4ccccc4=N[C@H]3c3cccs3)C(=O)N2)cc1. The first-order valence-corrected chi connectivity index (χ1v) is 11.1. The van der Waals surface area contributed by atoms with Gasteiger partial charge in [-0.15, -0.1) is 16.4 Å². The van der Waals surface area contributed by atoms with Gasteiger partial charge in [0.15, 0.2) is 11.3 Å². The summed E-state index contributed by atoms with van der Waals surface area (Å²) in [6, 6.07) is 20.2. The van der Waals surface area contributed by atoms with Crippen molar-refractivity contribution in [3.8, 4) is 0 Å². The number of hydrogen-bond acceptors (Lipinski definition) is 6. The number of rotatable bonds is 3. The topological polar surface area (TPSA) is 57.1 Å². The van der Waals surface area contributed by atoms with Gasteiger partial charge in [0, 0.05) is 11.0 Å². The lowest BCUT2D eigenvalue weighted by Crippen LogP contribution is -2.50. The molecule has 1 amide bonds. The van der Waals surface area contributed by atoms with Crippen molar-refractivity contribution in [3.05, 3.63) is 92.6 Å². The largest absolute Gasteiger partial charge is 0.298 e. The molecule has 7 heteroatoms. The molecule has 0 bridgehead atoms. The van der Waals surface area contributed by atoms with Crippen LogP contribution in [0.15, 0.2) is 76.1 Å². The molecule has 0 saturated carbocycles. The third kappa shape index (κ3) is 3.47. The van der Waals surface area contributed by atoms with Crippen LogP contribution in [0.2, 0.25) is 0 Å². The summed E-state index contributed by atoms with van der Waals surface area (Å²) in [5, 5.41) is 13.7. The molecule has 0 fully saturated rings. The van der Waals surface area contributed by atoms with E-state index in [1.165, 1.54) is 22.9 Å². The van der Waals surface area contributed by atoms with E-state index in [9.17, 15) is 4.79 Å². The predicted molar refractivity (Wildman–Crippen MR) is 118 cm³/mol. The molecule has 2 aliphatic rings. The zero-order valence-electron chi connectivity index (χ0n) is 15.7. The summed E-state index contributed by atoms with van der Waals surface area (Å²) in [6.45, 7) is 2.07. The van der Waals surface area contributed by atoms with Crippen LogP contribution in [0.1, 0.15) is 22.2 Å². The maximum Gasteiger partial charge on any atom is 0.276 e. The van der Waals surface area contributed by atoms with Crippen molar-refractivity contribution < 1.29 is 4.79 Å². The molecule has 0 spiro atoms. The van der Waals surface area contributed by atoms with Gasteiger partial charge in [0.05, 0.1) is 10.2 Å². The number of benzene rings is 2. The molecule has 5 nitrogen and oxygen atoms in total. The lowest BCUT2D eigenvalue weighted by atomic mass is 10.1. The van der Waals surface area contributed by atoms with Gasteiger partial charge in [0.25, 0.3) is 5.91 Å². The first kappa shape index (κ1) is 18.1. The zero-order valence-corrected chi connectivity index (χ0v) is 17.3. The highest BCUT2D eigenvalue weighted by Gasteiger charge is 2.34. The number of amidine groups is 1. The Morgan fingerprint density at radius 3 is 2.72 bits per heavy atom. The number of thiophene rings is 1. The number of fused-ring (bicyclic) bond motifs is 2. The molecule has 2 aliphatic heterocycles. The van der Waals surface area contributed by atoms with E-state index in [2.05, 4.69) is 36.5 Å². The van der Waals surface area contributed by atoms with Crippen LogP contribution in [0.3, 0.4) is 0 Å². The number of nitrogens with zero attached hydrogens (tertiary/aromatic N) is 3. The first-order valence-electron chi connectivity index (χ1n) is 9.27. The smallest absolute Gasteiger partial charge is 0.276 e. The van der Waals surface area contributed by atoms with E-state index in [1.807, 2.05) is 41.8 Å². The second kappa shape index (κ2) is 7.50. The molecular formula is C22H18N4OS2. The van der Waals surface area contributed by atoms with Gasteiger partial charge in [-0.25, -0.2) is 5.01 Å². The molecule has 3 heterocycles.